The molecule has 2 fully saturated rings. The highest BCUT2D eigenvalue weighted by Crippen LogP contribution is 2.40. The molecule has 6 heteroatoms. The summed E-state index contributed by atoms with van der Waals surface area (Å²) in [6.07, 6.45) is 4.74. The van der Waals surface area contributed by atoms with Gasteiger partial charge in [0, 0.05) is 26.1 Å². The number of allylic oxidation sites excluding steroid dienone is 1. The summed E-state index contributed by atoms with van der Waals surface area (Å²) in [6, 6.07) is -0.368. The van der Waals surface area contributed by atoms with Crippen molar-refractivity contribution in [2.45, 2.75) is 77.8 Å². The molecular formula is C19H32N2O4. The lowest BCUT2D eigenvalue weighted by atomic mass is 9.92. The van der Waals surface area contributed by atoms with E-state index in [4.69, 9.17) is 9.47 Å². The van der Waals surface area contributed by atoms with Crippen LogP contribution in [0.5, 0.6) is 0 Å². The SMILES string of the molecule is C/C=C\[C@@H]1C[C@H](C(=O)OC(C)(C)C)N2C[C@@H](OCC)[C@H](NC(C)=O)[C@@H]12. The van der Waals surface area contributed by atoms with Crippen molar-refractivity contribution in [3.63, 3.8) is 0 Å². The molecule has 2 rings (SSSR count). The fourth-order valence-corrected chi connectivity index (χ4v) is 4.07. The van der Waals surface area contributed by atoms with Crippen LogP contribution in [-0.4, -0.2) is 59.8 Å². The molecule has 2 aliphatic heterocycles. The van der Waals surface area contributed by atoms with Gasteiger partial charge in [0.1, 0.15) is 11.6 Å². The maximum Gasteiger partial charge on any atom is 0.323 e. The number of ether oxygens (including phenoxy) is 2. The molecule has 0 unspecified atom stereocenters. The normalized spacial score (nSPS) is 32.8. The van der Waals surface area contributed by atoms with Crippen LogP contribution in [0.15, 0.2) is 12.2 Å². The second-order valence-corrected chi connectivity index (χ2v) is 7.88. The van der Waals surface area contributed by atoms with E-state index in [-0.39, 0.29) is 42.0 Å². The van der Waals surface area contributed by atoms with E-state index in [0.717, 1.165) is 0 Å². The highest BCUT2D eigenvalue weighted by molar-refractivity contribution is 5.77. The topological polar surface area (TPSA) is 67.9 Å². The van der Waals surface area contributed by atoms with E-state index in [1.807, 2.05) is 40.7 Å². The van der Waals surface area contributed by atoms with Crippen LogP contribution in [0.1, 0.15) is 48.0 Å². The van der Waals surface area contributed by atoms with Crippen LogP contribution in [-0.2, 0) is 19.1 Å². The summed E-state index contributed by atoms with van der Waals surface area (Å²) in [5.41, 5.74) is -0.513. The van der Waals surface area contributed by atoms with Gasteiger partial charge in [0.15, 0.2) is 0 Å². The highest BCUT2D eigenvalue weighted by atomic mass is 16.6. The van der Waals surface area contributed by atoms with Crippen molar-refractivity contribution in [3.05, 3.63) is 12.2 Å². The van der Waals surface area contributed by atoms with Gasteiger partial charge in [0.2, 0.25) is 5.91 Å². The summed E-state index contributed by atoms with van der Waals surface area (Å²) < 4.78 is 11.5. The van der Waals surface area contributed by atoms with Crippen LogP contribution < -0.4 is 5.32 Å². The van der Waals surface area contributed by atoms with Gasteiger partial charge >= 0.3 is 5.97 Å². The molecule has 5 atom stereocenters. The summed E-state index contributed by atoms with van der Waals surface area (Å²) in [5, 5.41) is 3.05. The predicted molar refractivity (Wildman–Crippen MR) is 96.1 cm³/mol. The molecule has 2 heterocycles. The Labute approximate surface area is 150 Å². The molecule has 0 aromatic rings. The standard InChI is InChI=1S/C19H32N2O4/c1-7-9-13-10-14(18(23)25-19(4,5)6)21-11-15(24-8-2)16(17(13)21)20-12(3)22/h7,9,13-17H,8,10-11H2,1-6H3,(H,20,22)/b9-7-/t13-,14-,15-,16+,17-/m1/s1. The third-order valence-electron chi connectivity index (χ3n) is 4.75. The van der Waals surface area contributed by atoms with Gasteiger partial charge < -0.3 is 14.8 Å². The molecule has 0 saturated carbocycles. The van der Waals surface area contributed by atoms with Crippen molar-refractivity contribution >= 4 is 11.9 Å². The van der Waals surface area contributed by atoms with Crippen molar-refractivity contribution in [1.82, 2.24) is 10.2 Å². The fraction of sp³-hybridized carbons (Fsp3) is 0.789. The number of carbonyl (C=O) groups is 2. The summed E-state index contributed by atoms with van der Waals surface area (Å²) >= 11 is 0. The number of hydrogen-bond acceptors (Lipinski definition) is 5. The first-order chi connectivity index (χ1) is 11.7. The Kier molecular flexibility index (Phi) is 6.27. The zero-order chi connectivity index (χ0) is 18.8. The smallest absolute Gasteiger partial charge is 0.323 e. The van der Waals surface area contributed by atoms with Crippen LogP contribution in [0.3, 0.4) is 0 Å². The van der Waals surface area contributed by atoms with E-state index in [0.29, 0.717) is 19.6 Å². The average Bonchev–Trinajstić information content (AvgIpc) is 2.97. The van der Waals surface area contributed by atoms with Crippen molar-refractivity contribution in [3.8, 4) is 0 Å². The van der Waals surface area contributed by atoms with E-state index < -0.39 is 5.60 Å². The fourth-order valence-electron chi connectivity index (χ4n) is 4.07. The molecule has 0 bridgehead atoms. The number of nitrogens with zero attached hydrogens (tertiary/aromatic N) is 1. The second kappa shape index (κ2) is 7.87. The van der Waals surface area contributed by atoms with E-state index in [1.165, 1.54) is 6.92 Å². The highest BCUT2D eigenvalue weighted by Gasteiger charge is 2.55. The molecule has 0 spiro atoms. The van der Waals surface area contributed by atoms with Crippen LogP contribution >= 0.6 is 0 Å². The first-order valence-corrected chi connectivity index (χ1v) is 9.18. The van der Waals surface area contributed by atoms with Crippen molar-refractivity contribution in [2.75, 3.05) is 13.2 Å². The third-order valence-corrected chi connectivity index (χ3v) is 4.75. The monoisotopic (exact) mass is 352 g/mol. The molecule has 0 radical (unpaired) electrons. The quantitative estimate of drug-likeness (QED) is 0.604. The minimum absolute atomic E-state index is 0.0502. The number of hydrogen-bond donors (Lipinski definition) is 1. The van der Waals surface area contributed by atoms with E-state index in [2.05, 4.69) is 16.3 Å². The Bertz CT molecular complexity index is 526. The molecule has 0 aliphatic carbocycles. The van der Waals surface area contributed by atoms with Gasteiger partial charge in [-0.1, -0.05) is 12.2 Å². The van der Waals surface area contributed by atoms with Gasteiger partial charge in [0.05, 0.1) is 12.1 Å². The van der Waals surface area contributed by atoms with Crippen molar-refractivity contribution in [1.29, 1.82) is 0 Å². The van der Waals surface area contributed by atoms with Gasteiger partial charge in [0.25, 0.3) is 0 Å². The van der Waals surface area contributed by atoms with Gasteiger partial charge in [-0.15, -0.1) is 0 Å². The average molecular weight is 352 g/mol. The predicted octanol–water partition coefficient (Wildman–Crippen LogP) is 1.89. The molecular weight excluding hydrogens is 320 g/mol. The van der Waals surface area contributed by atoms with Crippen LogP contribution in [0.4, 0.5) is 0 Å². The minimum Gasteiger partial charge on any atom is -0.459 e. The number of nitrogens with one attached hydrogen (secondary N) is 1. The number of carbonyl (C=O) groups excluding carboxylic acids is 2. The minimum atomic E-state index is -0.513. The first kappa shape index (κ1) is 19.9. The van der Waals surface area contributed by atoms with E-state index >= 15 is 0 Å². The molecule has 142 valence electrons. The van der Waals surface area contributed by atoms with Crippen LogP contribution in [0, 0.1) is 5.92 Å². The van der Waals surface area contributed by atoms with Crippen LogP contribution in [0.25, 0.3) is 0 Å². The second-order valence-electron chi connectivity index (χ2n) is 7.88. The molecule has 2 aliphatic rings. The molecule has 25 heavy (non-hydrogen) atoms. The first-order valence-electron chi connectivity index (χ1n) is 9.18. The molecule has 0 aromatic heterocycles. The van der Waals surface area contributed by atoms with E-state index in [1.54, 1.807) is 0 Å². The largest absolute Gasteiger partial charge is 0.459 e. The lowest BCUT2D eigenvalue weighted by Gasteiger charge is -2.28. The maximum atomic E-state index is 12.7. The Hall–Kier alpha value is -1.40. The lowest BCUT2D eigenvalue weighted by Crippen LogP contribution is -2.49. The Morgan fingerprint density at radius 3 is 2.52 bits per heavy atom. The number of rotatable bonds is 5. The summed E-state index contributed by atoms with van der Waals surface area (Å²) in [6.45, 7) is 12.3. The molecule has 0 aromatic carbocycles. The van der Waals surface area contributed by atoms with Gasteiger partial charge in [-0.3, -0.25) is 14.5 Å². The molecule has 6 nitrogen and oxygen atoms in total. The molecule has 2 saturated heterocycles. The Morgan fingerprint density at radius 1 is 1.32 bits per heavy atom. The number of fused-ring (bicyclic) bond motifs is 1. The van der Waals surface area contributed by atoms with Crippen molar-refractivity contribution < 1.29 is 19.1 Å². The number of esters is 1. The van der Waals surface area contributed by atoms with Gasteiger partial charge in [-0.2, -0.15) is 0 Å². The summed E-state index contributed by atoms with van der Waals surface area (Å²) in [5.74, 6) is -0.0791. The lowest BCUT2D eigenvalue weighted by molar-refractivity contribution is -0.160. The molecule has 1 amide bonds. The van der Waals surface area contributed by atoms with Gasteiger partial charge in [-0.25, -0.2) is 0 Å². The van der Waals surface area contributed by atoms with Crippen LogP contribution in [0.2, 0.25) is 0 Å². The van der Waals surface area contributed by atoms with Crippen molar-refractivity contribution in [2.24, 2.45) is 5.92 Å². The summed E-state index contributed by atoms with van der Waals surface area (Å²) in [7, 11) is 0. The maximum absolute atomic E-state index is 12.7. The zero-order valence-electron chi connectivity index (χ0n) is 16.2. The van der Waals surface area contributed by atoms with E-state index in [9.17, 15) is 9.59 Å². The summed E-state index contributed by atoms with van der Waals surface area (Å²) in [4.78, 5) is 26.6. The Balaban J connectivity index is 2.27. The van der Waals surface area contributed by atoms with Gasteiger partial charge in [-0.05, 0) is 47.0 Å². The Morgan fingerprint density at radius 2 is 2.00 bits per heavy atom. The third kappa shape index (κ3) is 4.61. The molecule has 1 N–H and O–H groups in total. The number of amides is 1. The zero-order valence-corrected chi connectivity index (χ0v) is 16.2.